The largest absolute Gasteiger partial charge is 0.411 e. The van der Waals surface area contributed by atoms with Crippen LogP contribution in [0.4, 0.5) is 0 Å². The minimum Gasteiger partial charge on any atom is -0.411 e. The smallest absolute Gasteiger partial charge is 0.158 e. The SMILES string of the molecule is CS(=O)(=O)[C@@H](CO)/C(=N\O)c1ccc(Cl)cc1Cl. The van der Waals surface area contributed by atoms with E-state index in [-0.39, 0.29) is 16.3 Å². The van der Waals surface area contributed by atoms with Gasteiger partial charge in [0.15, 0.2) is 9.84 Å². The minimum atomic E-state index is -3.63. The highest BCUT2D eigenvalue weighted by atomic mass is 35.5. The van der Waals surface area contributed by atoms with Gasteiger partial charge in [0.25, 0.3) is 0 Å². The third-order valence-corrected chi connectivity index (χ3v) is 4.26. The van der Waals surface area contributed by atoms with Crippen LogP contribution in [-0.2, 0) is 9.84 Å². The number of sulfone groups is 1. The third kappa shape index (κ3) is 3.35. The molecular weight excluding hydrogens is 301 g/mol. The fourth-order valence-corrected chi connectivity index (χ4v) is 2.77. The molecule has 0 aliphatic heterocycles. The van der Waals surface area contributed by atoms with Crippen LogP contribution in [0.15, 0.2) is 23.4 Å². The number of rotatable bonds is 4. The molecule has 0 heterocycles. The lowest BCUT2D eigenvalue weighted by atomic mass is 10.1. The van der Waals surface area contributed by atoms with Crippen LogP contribution < -0.4 is 0 Å². The fourth-order valence-electron chi connectivity index (χ4n) is 1.41. The molecule has 0 spiro atoms. The molecule has 100 valence electrons. The zero-order valence-electron chi connectivity index (χ0n) is 9.34. The first kappa shape index (κ1) is 15.2. The molecule has 0 saturated heterocycles. The van der Waals surface area contributed by atoms with Crippen LogP contribution in [0.2, 0.25) is 10.0 Å². The summed E-state index contributed by atoms with van der Waals surface area (Å²) in [6.45, 7) is -0.711. The summed E-state index contributed by atoms with van der Waals surface area (Å²) in [4.78, 5) is 0. The van der Waals surface area contributed by atoms with E-state index in [1.165, 1.54) is 18.2 Å². The molecule has 5 nitrogen and oxygen atoms in total. The summed E-state index contributed by atoms with van der Waals surface area (Å²) in [6.07, 6.45) is 0.933. The summed E-state index contributed by atoms with van der Waals surface area (Å²) in [5, 5.41) is 20.2. The number of benzene rings is 1. The van der Waals surface area contributed by atoms with Gasteiger partial charge in [-0.05, 0) is 18.2 Å². The van der Waals surface area contributed by atoms with E-state index in [1.54, 1.807) is 0 Å². The van der Waals surface area contributed by atoms with Gasteiger partial charge >= 0.3 is 0 Å². The monoisotopic (exact) mass is 311 g/mol. The molecule has 0 aliphatic carbocycles. The molecule has 0 fully saturated rings. The zero-order valence-corrected chi connectivity index (χ0v) is 11.7. The summed E-state index contributed by atoms with van der Waals surface area (Å²) in [6, 6.07) is 4.29. The van der Waals surface area contributed by atoms with Crippen LogP contribution in [0.25, 0.3) is 0 Å². The lowest BCUT2D eigenvalue weighted by molar-refractivity contribution is 0.296. The molecule has 8 heteroatoms. The molecular formula is C10H11Cl2NO4S. The van der Waals surface area contributed by atoms with E-state index >= 15 is 0 Å². The van der Waals surface area contributed by atoms with Gasteiger partial charge < -0.3 is 10.3 Å². The Bertz CT molecular complexity index is 571. The second kappa shape index (κ2) is 5.88. The van der Waals surface area contributed by atoms with Crippen LogP contribution in [-0.4, -0.2) is 42.6 Å². The highest BCUT2D eigenvalue weighted by Gasteiger charge is 2.29. The van der Waals surface area contributed by atoms with E-state index < -0.39 is 21.7 Å². The quantitative estimate of drug-likeness (QED) is 0.502. The maximum atomic E-state index is 11.5. The molecule has 0 bridgehead atoms. The highest BCUT2D eigenvalue weighted by Crippen LogP contribution is 2.24. The highest BCUT2D eigenvalue weighted by molar-refractivity contribution is 7.92. The molecule has 1 aromatic rings. The summed E-state index contributed by atoms with van der Waals surface area (Å²) >= 11 is 11.6. The van der Waals surface area contributed by atoms with Gasteiger partial charge in [0, 0.05) is 16.8 Å². The standard InChI is InChI=1S/C10H11Cl2NO4S/c1-18(16,17)9(5-14)10(13-15)7-3-2-6(11)4-8(7)12/h2-4,9,14-15H,5H2,1H3/b13-10-/t9-/m0/s1. The molecule has 0 aliphatic rings. The number of halogens is 2. The van der Waals surface area contributed by atoms with Crippen LogP contribution in [0.5, 0.6) is 0 Å². The van der Waals surface area contributed by atoms with E-state index in [0.717, 1.165) is 6.26 Å². The van der Waals surface area contributed by atoms with Crippen LogP contribution in [0, 0.1) is 0 Å². The summed E-state index contributed by atoms with van der Waals surface area (Å²) in [7, 11) is -3.63. The van der Waals surface area contributed by atoms with E-state index in [2.05, 4.69) is 5.16 Å². The maximum Gasteiger partial charge on any atom is 0.158 e. The van der Waals surface area contributed by atoms with Crippen LogP contribution in [0.1, 0.15) is 5.56 Å². The molecule has 0 aromatic heterocycles. The van der Waals surface area contributed by atoms with Crippen molar-refractivity contribution in [2.24, 2.45) is 5.16 Å². The average molecular weight is 312 g/mol. The van der Waals surface area contributed by atoms with Crippen molar-refractivity contribution in [3.63, 3.8) is 0 Å². The lowest BCUT2D eigenvalue weighted by Gasteiger charge is -2.15. The Kier molecular flexibility index (Phi) is 4.98. The van der Waals surface area contributed by atoms with Crippen molar-refractivity contribution < 1.29 is 18.7 Å². The number of aliphatic hydroxyl groups excluding tert-OH is 1. The van der Waals surface area contributed by atoms with Crippen molar-refractivity contribution >= 4 is 38.8 Å². The molecule has 0 amide bonds. The van der Waals surface area contributed by atoms with Crippen LogP contribution in [0.3, 0.4) is 0 Å². The Hall–Kier alpha value is -0.820. The minimum absolute atomic E-state index is 0.136. The number of aliphatic hydroxyl groups is 1. The second-order valence-electron chi connectivity index (χ2n) is 3.61. The molecule has 0 radical (unpaired) electrons. The summed E-state index contributed by atoms with van der Waals surface area (Å²) in [5.41, 5.74) is -0.0188. The van der Waals surface area contributed by atoms with E-state index in [0.29, 0.717) is 5.02 Å². The average Bonchev–Trinajstić information content (AvgIpc) is 2.25. The van der Waals surface area contributed by atoms with Crippen molar-refractivity contribution in [3.05, 3.63) is 33.8 Å². The van der Waals surface area contributed by atoms with Gasteiger partial charge in [-0.1, -0.05) is 28.4 Å². The van der Waals surface area contributed by atoms with E-state index in [4.69, 9.17) is 33.5 Å². The Morgan fingerprint density at radius 2 is 2.06 bits per heavy atom. The normalized spacial score (nSPS) is 14.6. The maximum absolute atomic E-state index is 11.5. The molecule has 0 saturated carbocycles. The third-order valence-electron chi connectivity index (χ3n) is 2.30. The molecule has 1 rings (SSSR count). The van der Waals surface area contributed by atoms with E-state index in [9.17, 15) is 8.42 Å². The predicted octanol–water partition coefficient (Wildman–Crippen LogP) is 1.58. The van der Waals surface area contributed by atoms with Crippen molar-refractivity contribution in [2.45, 2.75) is 5.25 Å². The molecule has 1 aromatic carbocycles. The number of hydrogen-bond donors (Lipinski definition) is 2. The first-order valence-electron chi connectivity index (χ1n) is 4.78. The summed E-state index contributed by atoms with van der Waals surface area (Å²) in [5.74, 6) is 0. The van der Waals surface area contributed by atoms with Gasteiger partial charge in [-0.15, -0.1) is 0 Å². The van der Waals surface area contributed by atoms with Crippen LogP contribution >= 0.6 is 23.2 Å². The topological polar surface area (TPSA) is 87.0 Å². The molecule has 1 atom stereocenters. The number of hydrogen-bond acceptors (Lipinski definition) is 5. The zero-order chi connectivity index (χ0) is 13.9. The fraction of sp³-hybridized carbons (Fsp3) is 0.300. The van der Waals surface area contributed by atoms with Gasteiger partial charge in [-0.3, -0.25) is 0 Å². The molecule has 0 unspecified atom stereocenters. The van der Waals surface area contributed by atoms with Gasteiger partial charge in [0.2, 0.25) is 0 Å². The van der Waals surface area contributed by atoms with Crippen molar-refractivity contribution in [3.8, 4) is 0 Å². The Balaban J connectivity index is 3.35. The Morgan fingerprint density at radius 1 is 1.44 bits per heavy atom. The van der Waals surface area contributed by atoms with Crippen molar-refractivity contribution in [1.82, 2.24) is 0 Å². The predicted molar refractivity (Wildman–Crippen MR) is 70.5 cm³/mol. The summed E-state index contributed by atoms with van der Waals surface area (Å²) < 4.78 is 23.0. The van der Waals surface area contributed by atoms with Gasteiger partial charge in [-0.2, -0.15) is 0 Å². The van der Waals surface area contributed by atoms with Crippen molar-refractivity contribution in [2.75, 3.05) is 12.9 Å². The number of nitrogens with zero attached hydrogens (tertiary/aromatic N) is 1. The van der Waals surface area contributed by atoms with E-state index in [1.807, 2.05) is 0 Å². The van der Waals surface area contributed by atoms with Gasteiger partial charge in [0.05, 0.1) is 11.6 Å². The first-order valence-corrected chi connectivity index (χ1v) is 7.49. The second-order valence-corrected chi connectivity index (χ2v) is 6.68. The van der Waals surface area contributed by atoms with Gasteiger partial charge in [-0.25, -0.2) is 8.42 Å². The Labute approximate surface area is 115 Å². The molecule has 2 N–H and O–H groups in total. The van der Waals surface area contributed by atoms with Crippen molar-refractivity contribution in [1.29, 1.82) is 0 Å². The lowest BCUT2D eigenvalue weighted by Crippen LogP contribution is -2.34. The first-order chi connectivity index (χ1) is 8.31. The van der Waals surface area contributed by atoms with Gasteiger partial charge in [0.1, 0.15) is 11.0 Å². The number of oxime groups is 1. The molecule has 18 heavy (non-hydrogen) atoms. The Morgan fingerprint density at radius 3 is 2.44 bits per heavy atom.